The van der Waals surface area contributed by atoms with E-state index in [2.05, 4.69) is 20.9 Å². The van der Waals surface area contributed by atoms with Crippen molar-refractivity contribution in [3.8, 4) is 6.07 Å². The smallest absolute Gasteiger partial charge is 0.263 e. The van der Waals surface area contributed by atoms with Gasteiger partial charge in [0.15, 0.2) is 5.82 Å². The van der Waals surface area contributed by atoms with Gasteiger partial charge >= 0.3 is 0 Å². The number of benzene rings is 1. The van der Waals surface area contributed by atoms with Crippen molar-refractivity contribution in [2.45, 2.75) is 4.90 Å². The van der Waals surface area contributed by atoms with E-state index in [4.69, 9.17) is 5.26 Å². The van der Waals surface area contributed by atoms with Gasteiger partial charge in [-0.15, -0.1) is 0 Å². The Morgan fingerprint density at radius 3 is 2.52 bits per heavy atom. The molecule has 0 saturated heterocycles. The van der Waals surface area contributed by atoms with E-state index in [1.165, 1.54) is 6.07 Å². The number of rotatable bonds is 3. The third kappa shape index (κ3) is 3.34. The van der Waals surface area contributed by atoms with Gasteiger partial charge in [0, 0.05) is 16.7 Å². The van der Waals surface area contributed by atoms with Crippen LogP contribution in [0, 0.1) is 23.0 Å². The second-order valence-corrected chi connectivity index (χ2v) is 6.38. The Hall–Kier alpha value is -2.05. The SMILES string of the molecule is N#Cc1ccc(S(=O)(=O)Nc2c(F)cc(F)cc2Br)cn1. The molecule has 0 aliphatic rings. The quantitative estimate of drug-likeness (QED) is 0.896. The van der Waals surface area contributed by atoms with Crippen LogP contribution in [0.2, 0.25) is 0 Å². The van der Waals surface area contributed by atoms with Crippen molar-refractivity contribution in [2.75, 3.05) is 4.72 Å². The van der Waals surface area contributed by atoms with Crippen molar-refractivity contribution in [1.29, 1.82) is 5.26 Å². The van der Waals surface area contributed by atoms with E-state index in [1.54, 1.807) is 6.07 Å². The molecule has 9 heteroatoms. The summed E-state index contributed by atoms with van der Waals surface area (Å²) in [6, 6.07) is 5.60. The zero-order valence-corrected chi connectivity index (χ0v) is 12.5. The molecule has 0 bridgehead atoms. The van der Waals surface area contributed by atoms with Crippen LogP contribution in [0.25, 0.3) is 0 Å². The minimum Gasteiger partial charge on any atom is -0.275 e. The normalized spacial score (nSPS) is 11.0. The Kier molecular flexibility index (Phi) is 4.20. The van der Waals surface area contributed by atoms with Gasteiger partial charge in [-0.3, -0.25) is 4.72 Å². The van der Waals surface area contributed by atoms with Crippen LogP contribution < -0.4 is 4.72 Å². The van der Waals surface area contributed by atoms with Crippen LogP contribution in [-0.4, -0.2) is 13.4 Å². The number of aromatic nitrogens is 1. The fraction of sp³-hybridized carbons (Fsp3) is 0. The molecule has 0 saturated carbocycles. The predicted molar refractivity (Wildman–Crippen MR) is 73.8 cm³/mol. The first-order valence-electron chi connectivity index (χ1n) is 5.37. The van der Waals surface area contributed by atoms with Crippen molar-refractivity contribution in [2.24, 2.45) is 0 Å². The average Bonchev–Trinajstić information content (AvgIpc) is 2.43. The lowest BCUT2D eigenvalue weighted by atomic mass is 10.3. The Bertz CT molecular complexity index is 810. The minimum absolute atomic E-state index is 0.0445. The summed E-state index contributed by atoms with van der Waals surface area (Å²) in [7, 11) is -4.11. The number of pyridine rings is 1. The molecule has 0 aliphatic heterocycles. The topological polar surface area (TPSA) is 82.8 Å². The van der Waals surface area contributed by atoms with Gasteiger partial charge in [-0.1, -0.05) is 0 Å². The molecule has 0 amide bonds. The van der Waals surface area contributed by atoms with E-state index in [9.17, 15) is 17.2 Å². The number of nitriles is 1. The number of hydrogen-bond acceptors (Lipinski definition) is 4. The zero-order chi connectivity index (χ0) is 15.6. The standard InChI is InChI=1S/C12H6BrF2N3O2S/c13-10-3-7(14)4-11(15)12(10)18-21(19,20)9-2-1-8(5-16)17-6-9/h1-4,6,18H. The highest BCUT2D eigenvalue weighted by atomic mass is 79.9. The molecule has 1 aromatic carbocycles. The summed E-state index contributed by atoms with van der Waals surface area (Å²) >= 11 is 2.88. The molecule has 0 unspecified atom stereocenters. The van der Waals surface area contributed by atoms with Crippen molar-refractivity contribution >= 4 is 31.6 Å². The van der Waals surface area contributed by atoms with Crippen molar-refractivity contribution in [3.05, 3.63) is 52.3 Å². The summed E-state index contributed by atoms with van der Waals surface area (Å²) in [4.78, 5) is 3.37. The Labute approximate surface area is 127 Å². The fourth-order valence-corrected chi connectivity index (χ4v) is 3.11. The first kappa shape index (κ1) is 15.3. The first-order valence-corrected chi connectivity index (χ1v) is 7.64. The molecule has 1 heterocycles. The molecule has 108 valence electrons. The van der Waals surface area contributed by atoms with Crippen molar-refractivity contribution < 1.29 is 17.2 Å². The van der Waals surface area contributed by atoms with Crippen LogP contribution in [0.1, 0.15) is 5.69 Å². The Morgan fingerprint density at radius 1 is 1.29 bits per heavy atom. The van der Waals surface area contributed by atoms with E-state index in [0.29, 0.717) is 6.07 Å². The molecule has 0 spiro atoms. The summed E-state index contributed by atoms with van der Waals surface area (Å²) < 4.78 is 52.6. The number of halogens is 3. The second kappa shape index (κ2) is 5.75. The highest BCUT2D eigenvalue weighted by Gasteiger charge is 2.19. The maximum atomic E-state index is 13.6. The monoisotopic (exact) mass is 373 g/mol. The van der Waals surface area contributed by atoms with Gasteiger partial charge in [-0.05, 0) is 34.1 Å². The Balaban J connectivity index is 2.40. The summed E-state index contributed by atoms with van der Waals surface area (Å²) in [6.07, 6.45) is 0.968. The summed E-state index contributed by atoms with van der Waals surface area (Å²) in [5.41, 5.74) is -0.371. The molecule has 2 rings (SSSR count). The van der Waals surface area contributed by atoms with Crippen LogP contribution >= 0.6 is 15.9 Å². The fourth-order valence-electron chi connectivity index (χ4n) is 1.44. The third-order valence-corrected chi connectivity index (χ3v) is 4.36. The number of nitrogens with one attached hydrogen (secondary N) is 1. The maximum Gasteiger partial charge on any atom is 0.263 e. The molecule has 0 atom stereocenters. The van der Waals surface area contributed by atoms with Crippen molar-refractivity contribution in [3.63, 3.8) is 0 Å². The maximum absolute atomic E-state index is 13.6. The lowest BCUT2D eigenvalue weighted by Crippen LogP contribution is -2.15. The summed E-state index contributed by atoms with van der Waals surface area (Å²) in [5, 5.41) is 8.60. The van der Waals surface area contributed by atoms with Gasteiger partial charge in [-0.2, -0.15) is 5.26 Å². The van der Waals surface area contributed by atoms with Crippen LogP contribution in [0.5, 0.6) is 0 Å². The number of anilines is 1. The van der Waals surface area contributed by atoms with Gasteiger partial charge < -0.3 is 0 Å². The minimum atomic E-state index is -4.11. The van der Waals surface area contributed by atoms with Gasteiger partial charge in [0.25, 0.3) is 10.0 Å². The molecule has 0 radical (unpaired) electrons. The molecule has 0 aliphatic carbocycles. The van der Waals surface area contributed by atoms with Gasteiger partial charge in [-0.25, -0.2) is 22.2 Å². The van der Waals surface area contributed by atoms with E-state index in [-0.39, 0.29) is 15.1 Å². The van der Waals surface area contributed by atoms with E-state index >= 15 is 0 Å². The van der Waals surface area contributed by atoms with E-state index < -0.39 is 27.3 Å². The largest absolute Gasteiger partial charge is 0.275 e. The highest BCUT2D eigenvalue weighted by Crippen LogP contribution is 2.28. The van der Waals surface area contributed by atoms with E-state index in [0.717, 1.165) is 18.3 Å². The molecular weight excluding hydrogens is 368 g/mol. The third-order valence-electron chi connectivity index (χ3n) is 2.40. The van der Waals surface area contributed by atoms with Crippen LogP contribution in [0.4, 0.5) is 14.5 Å². The number of hydrogen-bond donors (Lipinski definition) is 1. The molecule has 0 fully saturated rings. The van der Waals surface area contributed by atoms with Gasteiger partial charge in [0.2, 0.25) is 0 Å². The van der Waals surface area contributed by atoms with Gasteiger partial charge in [0.1, 0.15) is 22.5 Å². The summed E-state index contributed by atoms with van der Waals surface area (Å²) in [5.74, 6) is -1.91. The zero-order valence-electron chi connectivity index (χ0n) is 10.1. The Morgan fingerprint density at radius 2 is 2.00 bits per heavy atom. The first-order chi connectivity index (χ1) is 9.83. The highest BCUT2D eigenvalue weighted by molar-refractivity contribution is 9.10. The van der Waals surface area contributed by atoms with E-state index in [1.807, 2.05) is 4.72 Å². The molecular formula is C12H6BrF2N3O2S. The summed E-state index contributed by atoms with van der Waals surface area (Å²) in [6.45, 7) is 0. The predicted octanol–water partition coefficient (Wildman–Crippen LogP) is 2.79. The van der Waals surface area contributed by atoms with Crippen molar-refractivity contribution in [1.82, 2.24) is 4.98 Å². The van der Waals surface area contributed by atoms with Gasteiger partial charge in [0.05, 0.1) is 5.69 Å². The average molecular weight is 374 g/mol. The molecule has 2 aromatic rings. The lowest BCUT2D eigenvalue weighted by Gasteiger charge is -2.10. The number of nitrogens with zero attached hydrogens (tertiary/aromatic N) is 2. The number of sulfonamides is 1. The molecule has 1 N–H and O–H groups in total. The van der Waals surface area contributed by atoms with Crippen LogP contribution in [-0.2, 0) is 10.0 Å². The van der Waals surface area contributed by atoms with Crippen LogP contribution in [0.3, 0.4) is 0 Å². The second-order valence-electron chi connectivity index (χ2n) is 3.84. The molecule has 5 nitrogen and oxygen atoms in total. The molecule has 1 aromatic heterocycles. The van der Waals surface area contributed by atoms with Crippen LogP contribution in [0.15, 0.2) is 39.8 Å². The molecule has 21 heavy (non-hydrogen) atoms. The lowest BCUT2D eigenvalue weighted by molar-refractivity contribution is 0.581.